The van der Waals surface area contributed by atoms with Crippen molar-refractivity contribution >= 4 is 65.0 Å². The summed E-state index contributed by atoms with van der Waals surface area (Å²) in [5.74, 6) is 0. The maximum Gasteiger partial charge on any atom is 0.136 e. The van der Waals surface area contributed by atoms with Gasteiger partial charge in [0.25, 0.3) is 0 Å². The Morgan fingerprint density at radius 3 is 1.49 bits per heavy atom. The van der Waals surface area contributed by atoms with Gasteiger partial charge < -0.3 is 4.42 Å². The average molecular weight is 673 g/mol. The lowest BCUT2D eigenvalue weighted by Crippen LogP contribution is -1.92. The van der Waals surface area contributed by atoms with E-state index in [4.69, 9.17) is 4.42 Å². The topological polar surface area (TPSA) is 13.1 Å². The highest BCUT2D eigenvalue weighted by Gasteiger charge is 2.19. The summed E-state index contributed by atoms with van der Waals surface area (Å²) >= 11 is 0. The first-order chi connectivity index (χ1) is 26.2. The van der Waals surface area contributed by atoms with E-state index in [-0.39, 0.29) is 0 Å². The summed E-state index contributed by atoms with van der Waals surface area (Å²) in [5, 5.41) is 12.1. The molecule has 11 aromatic rings. The van der Waals surface area contributed by atoms with E-state index < -0.39 is 0 Å². The Morgan fingerprint density at radius 1 is 0.226 bits per heavy atom. The summed E-state index contributed by atoms with van der Waals surface area (Å²) in [7, 11) is 0. The van der Waals surface area contributed by atoms with Gasteiger partial charge in [-0.15, -0.1) is 0 Å². The smallest absolute Gasteiger partial charge is 0.136 e. The standard InChI is InChI=1S/C52H32O/c1-2-10-33(11-3-1)35-18-21-36(22-19-35)51-43-16-8-9-17-44(43)52(45-26-24-41(30-48(45)51)40-23-20-34-12-4-5-13-37(34)28-40)42-25-27-49-46(31-42)47-29-38-14-6-7-15-39(38)32-50(47)53-49/h1-32H. The van der Waals surface area contributed by atoms with Crippen molar-refractivity contribution in [2.75, 3.05) is 0 Å². The quantitative estimate of drug-likeness (QED) is 0.170. The highest BCUT2D eigenvalue weighted by molar-refractivity contribution is 6.23. The maximum absolute atomic E-state index is 6.44. The van der Waals surface area contributed by atoms with Crippen molar-refractivity contribution in [1.82, 2.24) is 0 Å². The average Bonchev–Trinajstić information content (AvgIpc) is 3.58. The minimum Gasteiger partial charge on any atom is -0.456 e. The van der Waals surface area contributed by atoms with E-state index in [1.54, 1.807) is 0 Å². The molecule has 1 heteroatoms. The molecule has 1 aromatic heterocycles. The fourth-order valence-electron chi connectivity index (χ4n) is 8.43. The highest BCUT2D eigenvalue weighted by Crippen LogP contribution is 2.46. The van der Waals surface area contributed by atoms with Gasteiger partial charge in [-0.05, 0) is 124 Å². The van der Waals surface area contributed by atoms with Gasteiger partial charge in [0.15, 0.2) is 0 Å². The molecule has 0 bridgehead atoms. The molecule has 0 radical (unpaired) electrons. The Labute approximate surface area is 307 Å². The van der Waals surface area contributed by atoms with Crippen molar-refractivity contribution < 1.29 is 4.42 Å². The molecule has 0 aliphatic rings. The number of rotatable bonds is 4. The molecule has 10 aromatic carbocycles. The van der Waals surface area contributed by atoms with Crippen LogP contribution in [0.15, 0.2) is 199 Å². The molecule has 0 aliphatic carbocycles. The molecule has 0 spiro atoms. The number of furan rings is 1. The number of benzene rings is 10. The third-order valence-electron chi connectivity index (χ3n) is 11.0. The molecule has 246 valence electrons. The monoisotopic (exact) mass is 672 g/mol. The van der Waals surface area contributed by atoms with Crippen LogP contribution in [0.25, 0.3) is 110 Å². The van der Waals surface area contributed by atoms with Crippen LogP contribution in [-0.4, -0.2) is 0 Å². The van der Waals surface area contributed by atoms with Crippen molar-refractivity contribution in [1.29, 1.82) is 0 Å². The summed E-state index contributed by atoms with van der Waals surface area (Å²) in [5.41, 5.74) is 11.5. The Kier molecular flexibility index (Phi) is 6.62. The SMILES string of the molecule is c1ccc(-c2ccc(-c3c4ccccc4c(-c4ccc5oc6cc7ccccc7cc6c5c4)c4ccc(-c5ccc6ccccc6c5)cc34)cc2)cc1. The first-order valence-electron chi connectivity index (χ1n) is 18.2. The molecule has 0 unspecified atom stereocenters. The van der Waals surface area contributed by atoms with Crippen LogP contribution in [0.5, 0.6) is 0 Å². The Hall–Kier alpha value is -6.96. The summed E-state index contributed by atoms with van der Waals surface area (Å²) in [6, 6.07) is 70.7. The van der Waals surface area contributed by atoms with Crippen LogP contribution in [0.2, 0.25) is 0 Å². The predicted octanol–water partition coefficient (Wildman–Crippen LogP) is 14.9. The van der Waals surface area contributed by atoms with E-state index in [2.05, 4.69) is 194 Å². The molecule has 11 rings (SSSR count). The largest absolute Gasteiger partial charge is 0.456 e. The molecular weight excluding hydrogens is 641 g/mol. The van der Waals surface area contributed by atoms with Crippen LogP contribution < -0.4 is 0 Å². The van der Waals surface area contributed by atoms with E-state index >= 15 is 0 Å². The van der Waals surface area contributed by atoms with Crippen LogP contribution in [0.1, 0.15) is 0 Å². The van der Waals surface area contributed by atoms with Gasteiger partial charge in [-0.1, -0.05) is 158 Å². The van der Waals surface area contributed by atoms with Crippen molar-refractivity contribution in [2.45, 2.75) is 0 Å². The van der Waals surface area contributed by atoms with Gasteiger partial charge in [0.2, 0.25) is 0 Å². The molecule has 1 heterocycles. The Balaban J connectivity index is 1.19. The number of hydrogen-bond donors (Lipinski definition) is 0. The number of hydrogen-bond acceptors (Lipinski definition) is 1. The second-order valence-electron chi connectivity index (χ2n) is 14.1. The molecule has 0 aliphatic heterocycles. The summed E-state index contributed by atoms with van der Waals surface area (Å²) in [6.45, 7) is 0. The van der Waals surface area contributed by atoms with Gasteiger partial charge in [0, 0.05) is 10.8 Å². The second-order valence-corrected chi connectivity index (χ2v) is 14.1. The van der Waals surface area contributed by atoms with Crippen molar-refractivity contribution in [3.8, 4) is 44.5 Å². The van der Waals surface area contributed by atoms with Gasteiger partial charge in [0.1, 0.15) is 11.2 Å². The lowest BCUT2D eigenvalue weighted by Gasteiger charge is -2.19. The van der Waals surface area contributed by atoms with Crippen molar-refractivity contribution in [3.63, 3.8) is 0 Å². The summed E-state index contributed by atoms with van der Waals surface area (Å²) in [4.78, 5) is 0. The molecular formula is C52H32O. The molecule has 0 N–H and O–H groups in total. The third kappa shape index (κ3) is 4.86. The van der Waals surface area contributed by atoms with Crippen LogP contribution in [0, 0.1) is 0 Å². The minimum absolute atomic E-state index is 0.904. The van der Waals surface area contributed by atoms with Crippen LogP contribution in [0.4, 0.5) is 0 Å². The molecule has 1 nitrogen and oxygen atoms in total. The fraction of sp³-hybridized carbons (Fsp3) is 0. The lowest BCUT2D eigenvalue weighted by atomic mass is 9.84. The van der Waals surface area contributed by atoms with E-state index in [0.29, 0.717) is 0 Å². The maximum atomic E-state index is 6.44. The van der Waals surface area contributed by atoms with E-state index in [9.17, 15) is 0 Å². The zero-order valence-electron chi connectivity index (χ0n) is 28.9. The van der Waals surface area contributed by atoms with Gasteiger partial charge in [-0.3, -0.25) is 0 Å². The van der Waals surface area contributed by atoms with E-state index in [1.165, 1.54) is 87.6 Å². The first kappa shape index (κ1) is 29.7. The molecule has 0 saturated heterocycles. The molecule has 0 fully saturated rings. The van der Waals surface area contributed by atoms with Crippen molar-refractivity contribution in [2.24, 2.45) is 0 Å². The lowest BCUT2D eigenvalue weighted by molar-refractivity contribution is 0.669. The second kappa shape index (κ2) is 11.8. The van der Waals surface area contributed by atoms with Gasteiger partial charge >= 0.3 is 0 Å². The van der Waals surface area contributed by atoms with Gasteiger partial charge in [0.05, 0.1) is 0 Å². The van der Waals surface area contributed by atoms with Crippen molar-refractivity contribution in [3.05, 3.63) is 194 Å². The van der Waals surface area contributed by atoms with E-state index in [1.807, 2.05) is 0 Å². The Morgan fingerprint density at radius 2 is 0.717 bits per heavy atom. The molecule has 0 amide bonds. The Bertz CT molecular complexity index is 3200. The number of fused-ring (bicyclic) bond motifs is 7. The summed E-state index contributed by atoms with van der Waals surface area (Å²) < 4.78 is 6.44. The highest BCUT2D eigenvalue weighted by atomic mass is 16.3. The molecule has 53 heavy (non-hydrogen) atoms. The summed E-state index contributed by atoms with van der Waals surface area (Å²) in [6.07, 6.45) is 0. The fourth-order valence-corrected chi connectivity index (χ4v) is 8.43. The normalized spacial score (nSPS) is 11.8. The third-order valence-corrected chi connectivity index (χ3v) is 11.0. The van der Waals surface area contributed by atoms with Crippen LogP contribution in [-0.2, 0) is 0 Å². The zero-order valence-corrected chi connectivity index (χ0v) is 28.9. The molecule has 0 atom stereocenters. The van der Waals surface area contributed by atoms with Crippen LogP contribution in [0.3, 0.4) is 0 Å². The molecule has 0 saturated carbocycles. The zero-order chi connectivity index (χ0) is 34.9. The minimum atomic E-state index is 0.904. The van der Waals surface area contributed by atoms with E-state index in [0.717, 1.165) is 21.9 Å². The predicted molar refractivity (Wildman–Crippen MR) is 225 cm³/mol. The van der Waals surface area contributed by atoms with Crippen LogP contribution >= 0.6 is 0 Å². The van der Waals surface area contributed by atoms with Gasteiger partial charge in [-0.2, -0.15) is 0 Å². The van der Waals surface area contributed by atoms with Gasteiger partial charge in [-0.25, -0.2) is 0 Å². The first-order valence-corrected chi connectivity index (χ1v) is 18.2.